The molecule has 2 aromatic rings. The molecule has 0 fully saturated rings. The van der Waals surface area contributed by atoms with E-state index in [4.69, 9.17) is 10.5 Å². The number of ether oxygens (including phenoxy) is 1. The molecular weight excluding hydrogens is 266 g/mol. The lowest BCUT2D eigenvalue weighted by molar-refractivity contribution is -0.151. The van der Waals surface area contributed by atoms with Crippen LogP contribution in [0.5, 0.6) is 0 Å². The number of thioether (sulfide) groups is 1. The average molecular weight is 281 g/mol. The van der Waals surface area contributed by atoms with E-state index in [2.05, 4.69) is 19.9 Å². The van der Waals surface area contributed by atoms with Crippen LogP contribution in [0.3, 0.4) is 0 Å². The Balaban J connectivity index is 2.09. The summed E-state index contributed by atoms with van der Waals surface area (Å²) in [4.78, 5) is 26.7. The molecule has 0 aromatic carbocycles. The first-order valence-corrected chi connectivity index (χ1v) is 6.65. The van der Waals surface area contributed by atoms with E-state index in [1.165, 1.54) is 18.1 Å². The van der Waals surface area contributed by atoms with E-state index < -0.39 is 5.60 Å². The fourth-order valence-corrected chi connectivity index (χ4v) is 2.19. The highest BCUT2D eigenvalue weighted by molar-refractivity contribution is 8.00. The summed E-state index contributed by atoms with van der Waals surface area (Å²) in [6, 6.07) is 0. The van der Waals surface area contributed by atoms with E-state index in [9.17, 15) is 4.79 Å². The number of nitrogens with one attached hydrogen (secondary N) is 1. The van der Waals surface area contributed by atoms with Crippen LogP contribution in [0.15, 0.2) is 11.4 Å². The molecule has 2 heterocycles. The molecule has 102 valence electrons. The number of H-pyrrole nitrogens is 1. The topological polar surface area (TPSA) is 107 Å². The minimum Gasteiger partial charge on any atom is -0.459 e. The van der Waals surface area contributed by atoms with Crippen molar-refractivity contribution < 1.29 is 9.53 Å². The highest BCUT2D eigenvalue weighted by Crippen LogP contribution is 2.24. The monoisotopic (exact) mass is 281 g/mol. The third-order valence-electron chi connectivity index (χ3n) is 2.02. The molecule has 3 N–H and O–H groups in total. The molecule has 19 heavy (non-hydrogen) atoms. The summed E-state index contributed by atoms with van der Waals surface area (Å²) in [5, 5.41) is 0.589. The fraction of sp³-hybridized carbons (Fsp3) is 0.455. The number of nitrogens with zero attached hydrogens (tertiary/aromatic N) is 3. The van der Waals surface area contributed by atoms with E-state index in [0.717, 1.165) is 0 Å². The summed E-state index contributed by atoms with van der Waals surface area (Å²) in [5.41, 5.74) is 6.25. The molecule has 0 aliphatic rings. The van der Waals surface area contributed by atoms with Gasteiger partial charge in [-0.05, 0) is 20.8 Å². The maximum absolute atomic E-state index is 11.6. The van der Waals surface area contributed by atoms with Gasteiger partial charge in [0, 0.05) is 0 Å². The molecule has 8 heteroatoms. The summed E-state index contributed by atoms with van der Waals surface area (Å²) in [6.07, 6.45) is 1.51. The largest absolute Gasteiger partial charge is 0.459 e. The Morgan fingerprint density at radius 1 is 1.47 bits per heavy atom. The predicted molar refractivity (Wildman–Crippen MR) is 72.7 cm³/mol. The third-order valence-corrected chi connectivity index (χ3v) is 2.97. The van der Waals surface area contributed by atoms with Gasteiger partial charge in [0.25, 0.3) is 0 Å². The number of rotatable bonds is 3. The second-order valence-corrected chi connectivity index (χ2v) is 5.83. The molecule has 0 unspecified atom stereocenters. The van der Waals surface area contributed by atoms with Crippen molar-refractivity contribution in [1.82, 2.24) is 19.9 Å². The van der Waals surface area contributed by atoms with Gasteiger partial charge >= 0.3 is 5.97 Å². The Labute approximate surface area is 114 Å². The van der Waals surface area contributed by atoms with Crippen molar-refractivity contribution in [2.75, 3.05) is 11.5 Å². The maximum atomic E-state index is 11.6. The van der Waals surface area contributed by atoms with Crippen LogP contribution in [0, 0.1) is 0 Å². The van der Waals surface area contributed by atoms with Crippen molar-refractivity contribution in [1.29, 1.82) is 0 Å². The van der Waals surface area contributed by atoms with Crippen LogP contribution >= 0.6 is 11.8 Å². The number of hydrogen-bond acceptors (Lipinski definition) is 7. The first-order valence-electron chi connectivity index (χ1n) is 5.66. The number of nitrogen functional groups attached to an aromatic ring is 1. The van der Waals surface area contributed by atoms with Crippen molar-refractivity contribution in [3.05, 3.63) is 6.33 Å². The zero-order valence-electron chi connectivity index (χ0n) is 10.9. The molecule has 0 saturated heterocycles. The number of fused-ring (bicyclic) bond motifs is 1. The smallest absolute Gasteiger partial charge is 0.316 e. The molecular formula is C11H15N5O2S. The number of hydrogen-bond donors (Lipinski definition) is 2. The SMILES string of the molecule is CC(C)(C)OC(=O)CSc1nc(N)nc2nc[nH]c12. The number of carbonyl (C=O) groups is 1. The van der Waals surface area contributed by atoms with Crippen molar-refractivity contribution in [3.8, 4) is 0 Å². The predicted octanol–water partition coefficient (Wildman–Crippen LogP) is 1.37. The van der Waals surface area contributed by atoms with Crippen molar-refractivity contribution in [2.24, 2.45) is 0 Å². The number of aromatic amines is 1. The molecule has 2 rings (SSSR count). The molecule has 2 aromatic heterocycles. The van der Waals surface area contributed by atoms with E-state index in [0.29, 0.717) is 16.2 Å². The van der Waals surface area contributed by atoms with Crippen LogP contribution in [0.25, 0.3) is 11.2 Å². The second kappa shape index (κ2) is 5.04. The molecule has 0 amide bonds. The van der Waals surface area contributed by atoms with Gasteiger partial charge in [-0.25, -0.2) is 9.97 Å². The van der Waals surface area contributed by atoms with E-state index in [-0.39, 0.29) is 17.7 Å². The van der Waals surface area contributed by atoms with Crippen LogP contribution in [0.4, 0.5) is 5.95 Å². The number of anilines is 1. The van der Waals surface area contributed by atoms with Crippen LogP contribution in [-0.2, 0) is 9.53 Å². The minimum absolute atomic E-state index is 0.131. The quantitative estimate of drug-likeness (QED) is 0.497. The molecule has 7 nitrogen and oxygen atoms in total. The molecule has 0 saturated carbocycles. The highest BCUT2D eigenvalue weighted by atomic mass is 32.2. The third kappa shape index (κ3) is 3.57. The van der Waals surface area contributed by atoms with E-state index in [1.54, 1.807) is 0 Å². The number of nitrogens with two attached hydrogens (primary N) is 1. The van der Waals surface area contributed by atoms with Gasteiger partial charge in [0.15, 0.2) is 5.65 Å². The standard InChI is InChI=1S/C11H15N5O2S/c1-11(2,3)18-6(17)4-19-9-7-8(14-5-13-7)15-10(12)16-9/h5H,4H2,1-3H3,(H3,12,13,14,15,16). The first-order chi connectivity index (χ1) is 8.85. The van der Waals surface area contributed by atoms with E-state index >= 15 is 0 Å². The lowest BCUT2D eigenvalue weighted by Crippen LogP contribution is -2.24. The average Bonchev–Trinajstić information content (AvgIpc) is 2.71. The maximum Gasteiger partial charge on any atom is 0.316 e. The lowest BCUT2D eigenvalue weighted by Gasteiger charge is -2.19. The van der Waals surface area contributed by atoms with Gasteiger partial charge in [-0.15, -0.1) is 0 Å². The second-order valence-electron chi connectivity index (χ2n) is 4.86. The van der Waals surface area contributed by atoms with Gasteiger partial charge in [0.05, 0.1) is 12.1 Å². The lowest BCUT2D eigenvalue weighted by atomic mass is 10.2. The van der Waals surface area contributed by atoms with Gasteiger partial charge < -0.3 is 15.5 Å². The Morgan fingerprint density at radius 3 is 2.89 bits per heavy atom. The molecule has 0 radical (unpaired) electrons. The van der Waals surface area contributed by atoms with Gasteiger partial charge in [0.2, 0.25) is 5.95 Å². The van der Waals surface area contributed by atoms with Crippen molar-refractivity contribution >= 4 is 34.8 Å². The number of imidazole rings is 1. The summed E-state index contributed by atoms with van der Waals surface area (Å²) in [6.45, 7) is 5.47. The number of aromatic nitrogens is 4. The van der Waals surface area contributed by atoms with Crippen LogP contribution in [0.2, 0.25) is 0 Å². The molecule has 0 spiro atoms. The summed E-state index contributed by atoms with van der Waals surface area (Å²) < 4.78 is 5.22. The van der Waals surface area contributed by atoms with Gasteiger partial charge in [-0.3, -0.25) is 4.79 Å². The Bertz CT molecular complexity index is 605. The Morgan fingerprint density at radius 2 is 2.21 bits per heavy atom. The summed E-state index contributed by atoms with van der Waals surface area (Å²) in [7, 11) is 0. The summed E-state index contributed by atoms with van der Waals surface area (Å²) >= 11 is 1.24. The normalized spacial score (nSPS) is 11.7. The number of esters is 1. The molecule has 0 bridgehead atoms. The van der Waals surface area contributed by atoms with Gasteiger partial charge in [-0.1, -0.05) is 11.8 Å². The van der Waals surface area contributed by atoms with Crippen LogP contribution in [0.1, 0.15) is 20.8 Å². The number of carbonyl (C=O) groups excluding carboxylic acids is 1. The van der Waals surface area contributed by atoms with E-state index in [1.807, 2.05) is 20.8 Å². The fourth-order valence-electron chi connectivity index (χ4n) is 1.43. The van der Waals surface area contributed by atoms with Crippen molar-refractivity contribution in [3.63, 3.8) is 0 Å². The Kier molecular flexibility index (Phi) is 3.61. The molecule has 0 aliphatic heterocycles. The molecule has 0 aliphatic carbocycles. The highest BCUT2D eigenvalue weighted by Gasteiger charge is 2.17. The van der Waals surface area contributed by atoms with Crippen LogP contribution in [-0.4, -0.2) is 37.3 Å². The zero-order valence-corrected chi connectivity index (χ0v) is 11.7. The van der Waals surface area contributed by atoms with Gasteiger partial charge in [-0.2, -0.15) is 4.98 Å². The summed E-state index contributed by atoms with van der Waals surface area (Å²) in [5.74, 6) is -0.0180. The van der Waals surface area contributed by atoms with Gasteiger partial charge in [0.1, 0.15) is 16.1 Å². The van der Waals surface area contributed by atoms with Crippen molar-refractivity contribution in [2.45, 2.75) is 31.4 Å². The first kappa shape index (κ1) is 13.6. The Hall–Kier alpha value is -1.83. The minimum atomic E-state index is -0.494. The zero-order chi connectivity index (χ0) is 14.0. The van der Waals surface area contributed by atoms with Crippen LogP contribution < -0.4 is 5.73 Å². The molecule has 0 atom stereocenters.